The predicted molar refractivity (Wildman–Crippen MR) is 109 cm³/mol. The van der Waals surface area contributed by atoms with Crippen LogP contribution in [0.1, 0.15) is 12.5 Å². The Hall–Kier alpha value is -2.88. The summed E-state index contributed by atoms with van der Waals surface area (Å²) in [6, 6.07) is 7.25. The molecule has 0 spiro atoms. The largest absolute Gasteiger partial charge is 0.463 e. The van der Waals surface area contributed by atoms with Gasteiger partial charge in [0.2, 0.25) is 5.88 Å². The molecule has 0 aliphatic rings. The Bertz CT molecular complexity index is 1030. The molecule has 2 N–H and O–H groups in total. The Labute approximate surface area is 174 Å². The van der Waals surface area contributed by atoms with Crippen LogP contribution in [0, 0.1) is 6.92 Å². The minimum absolute atomic E-state index is 0.147. The van der Waals surface area contributed by atoms with Crippen LogP contribution in [-0.4, -0.2) is 39.9 Å². The van der Waals surface area contributed by atoms with Gasteiger partial charge in [-0.15, -0.1) is 0 Å². The number of hydrogen-bond donors (Lipinski definition) is 2. The highest BCUT2D eigenvalue weighted by Crippen LogP contribution is 2.31. The van der Waals surface area contributed by atoms with E-state index in [0.29, 0.717) is 11.5 Å². The summed E-state index contributed by atoms with van der Waals surface area (Å²) in [4.78, 5) is 24.7. The second-order valence-electron chi connectivity index (χ2n) is 6.22. The Morgan fingerprint density at radius 2 is 2.07 bits per heavy atom. The maximum absolute atomic E-state index is 12.3. The number of ether oxygens (including phenoxy) is 1. The van der Waals surface area contributed by atoms with E-state index >= 15 is 0 Å². The number of amides is 1. The van der Waals surface area contributed by atoms with Gasteiger partial charge in [0.1, 0.15) is 17.8 Å². The lowest BCUT2D eigenvalue weighted by molar-refractivity contribution is -0.128. The first-order valence-electron chi connectivity index (χ1n) is 8.70. The third-order valence-electron chi connectivity index (χ3n) is 4.01. The number of carbonyl (C=O) groups excluding carboxylic acids is 1. The predicted octanol–water partition coefficient (Wildman–Crippen LogP) is 3.99. The number of carbonyl (C=O) groups is 1. The van der Waals surface area contributed by atoms with Gasteiger partial charge < -0.3 is 15.4 Å². The molecule has 0 aliphatic heterocycles. The third-order valence-corrected chi connectivity index (χ3v) is 4.47. The van der Waals surface area contributed by atoms with E-state index in [1.165, 1.54) is 19.4 Å². The van der Waals surface area contributed by atoms with E-state index in [4.69, 9.17) is 4.74 Å². The lowest BCUT2D eigenvalue weighted by atomic mass is 10.1. The van der Waals surface area contributed by atoms with Crippen LogP contribution in [0.4, 0.5) is 20.3 Å². The lowest BCUT2D eigenvalue weighted by Crippen LogP contribution is -2.38. The monoisotopic (exact) mass is 465 g/mol. The Morgan fingerprint density at radius 3 is 2.83 bits per heavy atom. The molecule has 29 heavy (non-hydrogen) atoms. The number of alkyl halides is 2. The van der Waals surface area contributed by atoms with Crippen molar-refractivity contribution in [1.29, 1.82) is 0 Å². The summed E-state index contributed by atoms with van der Waals surface area (Å²) in [5, 5.41) is 6.11. The molecule has 2 aromatic heterocycles. The van der Waals surface area contributed by atoms with Gasteiger partial charge in [0, 0.05) is 16.1 Å². The van der Waals surface area contributed by atoms with Gasteiger partial charge in [-0.3, -0.25) is 4.79 Å². The minimum atomic E-state index is -2.63. The van der Waals surface area contributed by atoms with Crippen molar-refractivity contribution in [2.75, 3.05) is 11.9 Å². The third kappa shape index (κ3) is 5.14. The fraction of sp³-hybridized carbons (Fsp3) is 0.263. The van der Waals surface area contributed by atoms with Crippen LogP contribution in [0.25, 0.3) is 10.9 Å². The number of nitrogens with one attached hydrogen (secondary N) is 2. The number of rotatable bonds is 7. The molecule has 0 saturated carbocycles. The molecule has 0 fully saturated rings. The number of hydrogen-bond acceptors (Lipinski definition) is 6. The summed E-state index contributed by atoms with van der Waals surface area (Å²) in [6.07, 6.45) is -0.699. The summed E-state index contributed by atoms with van der Waals surface area (Å²) in [5.41, 5.74) is 2.19. The van der Waals surface area contributed by atoms with Crippen molar-refractivity contribution >= 4 is 44.2 Å². The molecular formula is C19H18BrF2N5O2. The van der Waals surface area contributed by atoms with Gasteiger partial charge in [-0.2, -0.15) is 0 Å². The summed E-state index contributed by atoms with van der Waals surface area (Å²) >= 11 is 3.45. The first-order chi connectivity index (χ1) is 13.8. The lowest BCUT2D eigenvalue weighted by Gasteiger charge is -2.17. The highest BCUT2D eigenvalue weighted by molar-refractivity contribution is 9.10. The standard InChI is InChI=1S/C19H18BrF2N5O2/c1-10-6-12(20)7-14-16(10)17(26-9-25-14)27-13-4-3-5-23-19(13)29-11(2)18(28)24-8-15(21)22/h3-7,9,11,15H,8H2,1-2H3,(H,24,28)(H,25,26,27)/t11-/m1/s1. The van der Waals surface area contributed by atoms with Crippen LogP contribution in [0.3, 0.4) is 0 Å². The maximum atomic E-state index is 12.3. The number of aryl methyl sites for hydroxylation is 1. The van der Waals surface area contributed by atoms with Crippen LogP contribution < -0.4 is 15.4 Å². The SMILES string of the molecule is Cc1cc(Br)cc2ncnc(Nc3cccnc3O[C@H](C)C(=O)NCC(F)F)c12. The molecule has 0 bridgehead atoms. The Kier molecular flexibility index (Phi) is 6.53. The van der Waals surface area contributed by atoms with E-state index in [-0.39, 0.29) is 5.88 Å². The van der Waals surface area contributed by atoms with Crippen LogP contribution in [0.5, 0.6) is 5.88 Å². The highest BCUT2D eigenvalue weighted by Gasteiger charge is 2.19. The molecular weight excluding hydrogens is 448 g/mol. The second-order valence-corrected chi connectivity index (χ2v) is 7.13. The van der Waals surface area contributed by atoms with E-state index in [0.717, 1.165) is 20.9 Å². The molecule has 1 amide bonds. The normalized spacial score (nSPS) is 12.1. The molecule has 1 aromatic carbocycles. The zero-order chi connectivity index (χ0) is 21.0. The number of benzene rings is 1. The van der Waals surface area contributed by atoms with Crippen molar-refractivity contribution in [2.24, 2.45) is 0 Å². The summed E-state index contributed by atoms with van der Waals surface area (Å²) < 4.78 is 31.1. The fourth-order valence-electron chi connectivity index (χ4n) is 2.69. The van der Waals surface area contributed by atoms with Gasteiger partial charge in [-0.1, -0.05) is 15.9 Å². The van der Waals surface area contributed by atoms with Gasteiger partial charge in [0.05, 0.1) is 12.1 Å². The number of pyridine rings is 1. The summed E-state index contributed by atoms with van der Waals surface area (Å²) in [5.74, 6) is 0.0384. The van der Waals surface area contributed by atoms with Crippen LogP contribution >= 0.6 is 15.9 Å². The van der Waals surface area contributed by atoms with Gasteiger partial charge >= 0.3 is 0 Å². The van der Waals surface area contributed by atoms with Crippen molar-refractivity contribution in [2.45, 2.75) is 26.4 Å². The molecule has 0 aliphatic carbocycles. The smallest absolute Gasteiger partial charge is 0.261 e. The van der Waals surface area contributed by atoms with Gasteiger partial charge in [-0.05, 0) is 43.7 Å². The van der Waals surface area contributed by atoms with E-state index in [2.05, 4.69) is 41.5 Å². The van der Waals surface area contributed by atoms with Crippen LogP contribution in [0.2, 0.25) is 0 Å². The molecule has 0 unspecified atom stereocenters. The van der Waals surface area contributed by atoms with E-state index in [1.807, 2.05) is 19.1 Å². The molecule has 152 valence electrons. The topological polar surface area (TPSA) is 89.0 Å². The van der Waals surface area contributed by atoms with E-state index < -0.39 is 25.0 Å². The zero-order valence-electron chi connectivity index (χ0n) is 15.6. The maximum Gasteiger partial charge on any atom is 0.261 e. The number of aromatic nitrogens is 3. The van der Waals surface area contributed by atoms with E-state index in [1.54, 1.807) is 12.1 Å². The first kappa shape index (κ1) is 20.8. The Morgan fingerprint density at radius 1 is 1.28 bits per heavy atom. The average Bonchev–Trinajstić information content (AvgIpc) is 2.67. The van der Waals surface area contributed by atoms with Gasteiger partial charge in [0.15, 0.2) is 6.10 Å². The Balaban J connectivity index is 1.85. The quantitative estimate of drug-likeness (QED) is 0.548. The van der Waals surface area contributed by atoms with Crippen molar-refractivity contribution in [3.63, 3.8) is 0 Å². The number of halogens is 3. The number of fused-ring (bicyclic) bond motifs is 1. The zero-order valence-corrected chi connectivity index (χ0v) is 17.2. The average molecular weight is 466 g/mol. The molecule has 0 saturated heterocycles. The van der Waals surface area contributed by atoms with Crippen molar-refractivity contribution in [3.05, 3.63) is 46.8 Å². The fourth-order valence-corrected chi connectivity index (χ4v) is 3.25. The van der Waals surface area contributed by atoms with Gasteiger partial charge in [-0.25, -0.2) is 23.7 Å². The first-order valence-corrected chi connectivity index (χ1v) is 9.50. The molecule has 3 rings (SSSR count). The molecule has 7 nitrogen and oxygen atoms in total. The van der Waals surface area contributed by atoms with Crippen LogP contribution in [-0.2, 0) is 4.79 Å². The van der Waals surface area contributed by atoms with Crippen molar-refractivity contribution in [3.8, 4) is 5.88 Å². The molecule has 1 atom stereocenters. The molecule has 3 aromatic rings. The minimum Gasteiger partial charge on any atom is -0.463 e. The molecule has 0 radical (unpaired) electrons. The summed E-state index contributed by atoms with van der Waals surface area (Å²) in [6.45, 7) is 2.67. The van der Waals surface area contributed by atoms with Crippen LogP contribution in [0.15, 0.2) is 41.3 Å². The van der Waals surface area contributed by atoms with E-state index in [9.17, 15) is 13.6 Å². The molecule has 2 heterocycles. The summed E-state index contributed by atoms with van der Waals surface area (Å²) in [7, 11) is 0. The molecule has 10 heteroatoms. The number of anilines is 2. The number of nitrogens with zero attached hydrogens (tertiary/aromatic N) is 3. The highest BCUT2D eigenvalue weighted by atomic mass is 79.9. The van der Waals surface area contributed by atoms with Crippen molar-refractivity contribution in [1.82, 2.24) is 20.3 Å². The van der Waals surface area contributed by atoms with Crippen molar-refractivity contribution < 1.29 is 18.3 Å². The second kappa shape index (κ2) is 9.08. The van der Waals surface area contributed by atoms with Gasteiger partial charge in [0.25, 0.3) is 12.3 Å².